The van der Waals surface area contributed by atoms with Gasteiger partial charge in [0.1, 0.15) is 10.7 Å². The summed E-state index contributed by atoms with van der Waals surface area (Å²) >= 11 is 6.11. The van der Waals surface area contributed by atoms with Crippen molar-refractivity contribution in [1.82, 2.24) is 19.4 Å². The quantitative estimate of drug-likeness (QED) is 0.510. The van der Waals surface area contributed by atoms with E-state index in [4.69, 9.17) is 11.6 Å². The van der Waals surface area contributed by atoms with Crippen molar-refractivity contribution in [3.8, 4) is 0 Å². The van der Waals surface area contributed by atoms with Crippen molar-refractivity contribution in [2.75, 3.05) is 25.5 Å². The highest BCUT2D eigenvalue weighted by Crippen LogP contribution is 2.52. The van der Waals surface area contributed by atoms with E-state index in [1.54, 1.807) is 35.0 Å². The Morgan fingerprint density at radius 1 is 1.17 bits per heavy atom. The van der Waals surface area contributed by atoms with Crippen LogP contribution in [-0.4, -0.2) is 53.2 Å². The van der Waals surface area contributed by atoms with E-state index in [1.807, 2.05) is 20.8 Å². The maximum atomic E-state index is 13.3. The van der Waals surface area contributed by atoms with Crippen LogP contribution in [-0.2, 0) is 9.84 Å². The largest absolute Gasteiger partial charge is 0.324 e. The average Bonchev–Trinajstić information content (AvgIpc) is 2.80. The van der Waals surface area contributed by atoms with E-state index >= 15 is 0 Å². The summed E-state index contributed by atoms with van der Waals surface area (Å²) in [5.74, 6) is 0.320. The number of hydrogen-bond acceptors (Lipinski definition) is 7. The lowest BCUT2D eigenvalue weighted by Gasteiger charge is -2.51. The molecule has 0 bridgehead atoms. The standard InChI is InChI=1S/C26H32ClN5O3S/c1-16(2)32-23-18(12-21(27)24(32)33)15-28-25(30-23)29-22-6-5-19(11-17(22)3)36(34,35)20-13-26(14-20)7-9-31(4)10-8-26/h5-6,11-12,15-16,20H,7-10,13-14H2,1-4H3,(H,28,29,30). The lowest BCUT2D eigenvalue weighted by atomic mass is 9.63. The normalized spacial score (nSPS) is 18.6. The van der Waals surface area contributed by atoms with Gasteiger partial charge in [-0.3, -0.25) is 9.36 Å². The van der Waals surface area contributed by atoms with Gasteiger partial charge < -0.3 is 10.2 Å². The van der Waals surface area contributed by atoms with Gasteiger partial charge in [-0.15, -0.1) is 0 Å². The number of likely N-dealkylation sites (tertiary alicyclic amines) is 1. The lowest BCUT2D eigenvalue weighted by Crippen LogP contribution is -2.50. The minimum atomic E-state index is -3.38. The van der Waals surface area contributed by atoms with Crippen LogP contribution in [0.3, 0.4) is 0 Å². The SMILES string of the molecule is Cc1cc(S(=O)(=O)C2CC3(CCN(C)CC3)C2)ccc1Nc1ncc2cc(Cl)c(=O)n(C(C)C)c2n1. The molecule has 3 aromatic rings. The number of piperidine rings is 1. The van der Waals surface area contributed by atoms with E-state index in [0.717, 1.165) is 44.3 Å². The Kier molecular flexibility index (Phi) is 6.37. The predicted octanol–water partition coefficient (Wildman–Crippen LogP) is 4.73. The molecule has 1 N–H and O–H groups in total. The Hall–Kier alpha value is -2.49. The third-order valence-electron chi connectivity index (χ3n) is 7.83. The first-order valence-electron chi connectivity index (χ1n) is 12.4. The van der Waals surface area contributed by atoms with Crippen molar-refractivity contribution in [3.05, 3.63) is 51.4 Å². The molecule has 1 saturated carbocycles. The van der Waals surface area contributed by atoms with Crippen LogP contribution in [0.2, 0.25) is 5.02 Å². The van der Waals surface area contributed by atoms with Crippen LogP contribution in [0.5, 0.6) is 0 Å². The van der Waals surface area contributed by atoms with Gasteiger partial charge in [-0.2, -0.15) is 4.98 Å². The summed E-state index contributed by atoms with van der Waals surface area (Å²) in [6.45, 7) is 7.75. The summed E-state index contributed by atoms with van der Waals surface area (Å²) in [6, 6.07) is 6.59. The second-order valence-corrected chi connectivity index (χ2v) is 13.3. The third kappa shape index (κ3) is 4.41. The van der Waals surface area contributed by atoms with Crippen molar-refractivity contribution in [1.29, 1.82) is 0 Å². The Morgan fingerprint density at radius 2 is 1.86 bits per heavy atom. The molecule has 10 heteroatoms. The first-order valence-corrected chi connectivity index (χ1v) is 14.3. The molecule has 5 rings (SSSR count). The van der Waals surface area contributed by atoms with Gasteiger partial charge >= 0.3 is 0 Å². The predicted molar refractivity (Wildman–Crippen MR) is 143 cm³/mol. The molecule has 1 spiro atoms. The summed E-state index contributed by atoms with van der Waals surface area (Å²) < 4.78 is 28.2. The molecule has 2 fully saturated rings. The summed E-state index contributed by atoms with van der Waals surface area (Å²) in [7, 11) is -1.25. The first kappa shape index (κ1) is 25.2. The fourth-order valence-corrected chi connectivity index (χ4v) is 7.86. The Bertz CT molecular complexity index is 1490. The summed E-state index contributed by atoms with van der Waals surface area (Å²) in [5, 5.41) is 3.67. The zero-order valence-corrected chi connectivity index (χ0v) is 22.7. The molecule has 1 aliphatic heterocycles. The van der Waals surface area contributed by atoms with E-state index < -0.39 is 9.84 Å². The molecule has 0 unspecified atom stereocenters. The number of pyridine rings is 1. The van der Waals surface area contributed by atoms with Gasteiger partial charge in [0.2, 0.25) is 5.95 Å². The number of nitrogens with zero attached hydrogens (tertiary/aromatic N) is 4. The van der Waals surface area contributed by atoms with Crippen molar-refractivity contribution in [3.63, 3.8) is 0 Å². The van der Waals surface area contributed by atoms with E-state index in [2.05, 4.69) is 27.2 Å². The van der Waals surface area contributed by atoms with Crippen molar-refractivity contribution in [2.24, 2.45) is 5.41 Å². The first-order chi connectivity index (χ1) is 17.0. The van der Waals surface area contributed by atoms with Gasteiger partial charge in [0.15, 0.2) is 9.84 Å². The van der Waals surface area contributed by atoms with Crippen LogP contribution < -0.4 is 10.9 Å². The van der Waals surface area contributed by atoms with E-state index in [1.165, 1.54) is 0 Å². The molecule has 192 valence electrons. The van der Waals surface area contributed by atoms with Gasteiger partial charge in [-0.05, 0) is 102 Å². The maximum absolute atomic E-state index is 13.3. The number of halogens is 1. The minimum absolute atomic E-state index is 0.126. The average molecular weight is 530 g/mol. The number of aryl methyl sites for hydroxylation is 1. The second kappa shape index (κ2) is 9.11. The van der Waals surface area contributed by atoms with Gasteiger partial charge in [-0.25, -0.2) is 13.4 Å². The number of hydrogen-bond donors (Lipinski definition) is 1. The molecular weight excluding hydrogens is 498 g/mol. The fraction of sp³-hybridized carbons (Fsp3) is 0.500. The molecule has 1 saturated heterocycles. The van der Waals surface area contributed by atoms with Crippen LogP contribution >= 0.6 is 11.6 Å². The third-order valence-corrected chi connectivity index (χ3v) is 10.2. The summed E-state index contributed by atoms with van der Waals surface area (Å²) in [6.07, 6.45) is 5.31. The number of anilines is 2. The van der Waals surface area contributed by atoms with Gasteiger partial charge in [0.25, 0.3) is 5.56 Å². The van der Waals surface area contributed by atoms with Crippen molar-refractivity contribution < 1.29 is 8.42 Å². The van der Waals surface area contributed by atoms with Crippen LogP contribution in [0.15, 0.2) is 40.2 Å². The van der Waals surface area contributed by atoms with Crippen LogP contribution in [0.25, 0.3) is 11.0 Å². The topological polar surface area (TPSA) is 97.2 Å². The molecule has 1 aliphatic carbocycles. The Balaban J connectivity index is 1.37. The molecule has 0 radical (unpaired) electrons. The van der Waals surface area contributed by atoms with Crippen LogP contribution in [0, 0.1) is 12.3 Å². The molecule has 2 aliphatic rings. The Labute approximate surface area is 216 Å². The fourth-order valence-electron chi connectivity index (χ4n) is 5.52. The van der Waals surface area contributed by atoms with Crippen molar-refractivity contribution >= 4 is 44.1 Å². The molecule has 8 nitrogen and oxygen atoms in total. The number of rotatable bonds is 5. The van der Waals surface area contributed by atoms with Crippen molar-refractivity contribution in [2.45, 2.75) is 62.6 Å². The molecular formula is C26H32ClN5O3S. The summed E-state index contributed by atoms with van der Waals surface area (Å²) in [4.78, 5) is 24.2. The lowest BCUT2D eigenvalue weighted by molar-refractivity contribution is 0.0465. The molecule has 2 aromatic heterocycles. The zero-order valence-electron chi connectivity index (χ0n) is 21.1. The number of nitrogens with one attached hydrogen (secondary N) is 1. The number of benzene rings is 1. The highest BCUT2D eigenvalue weighted by atomic mass is 35.5. The zero-order chi connectivity index (χ0) is 25.8. The van der Waals surface area contributed by atoms with E-state index in [9.17, 15) is 13.2 Å². The number of fused-ring (bicyclic) bond motifs is 1. The molecule has 1 aromatic carbocycles. The number of aromatic nitrogens is 3. The molecule has 0 atom stereocenters. The van der Waals surface area contributed by atoms with E-state index in [0.29, 0.717) is 27.6 Å². The molecule has 36 heavy (non-hydrogen) atoms. The maximum Gasteiger partial charge on any atom is 0.271 e. The van der Waals surface area contributed by atoms with E-state index in [-0.39, 0.29) is 27.3 Å². The number of sulfone groups is 1. The summed E-state index contributed by atoms with van der Waals surface area (Å²) in [5.41, 5.74) is 1.88. The molecule has 3 heterocycles. The van der Waals surface area contributed by atoms with Crippen LogP contribution in [0.4, 0.5) is 11.6 Å². The monoisotopic (exact) mass is 529 g/mol. The molecule has 0 amide bonds. The Morgan fingerprint density at radius 3 is 2.50 bits per heavy atom. The smallest absolute Gasteiger partial charge is 0.271 e. The van der Waals surface area contributed by atoms with Gasteiger partial charge in [-0.1, -0.05) is 11.6 Å². The highest BCUT2D eigenvalue weighted by molar-refractivity contribution is 7.92. The van der Waals surface area contributed by atoms with Gasteiger partial charge in [0, 0.05) is 23.3 Å². The highest BCUT2D eigenvalue weighted by Gasteiger charge is 2.50. The van der Waals surface area contributed by atoms with Crippen LogP contribution in [0.1, 0.15) is 51.1 Å². The van der Waals surface area contributed by atoms with Gasteiger partial charge in [0.05, 0.1) is 10.1 Å². The second-order valence-electron chi connectivity index (χ2n) is 10.7. The minimum Gasteiger partial charge on any atom is -0.324 e.